The number of hydrogen-bond acceptors (Lipinski definition) is 4. The lowest BCUT2D eigenvalue weighted by atomic mass is 10.1. The second kappa shape index (κ2) is 6.56. The van der Waals surface area contributed by atoms with Crippen molar-refractivity contribution in [1.29, 1.82) is 5.26 Å². The van der Waals surface area contributed by atoms with Crippen LogP contribution in [0.4, 0.5) is 32.2 Å². The Kier molecular flexibility index (Phi) is 4.50. The van der Waals surface area contributed by atoms with Crippen molar-refractivity contribution in [3.8, 4) is 23.1 Å². The van der Waals surface area contributed by atoms with E-state index in [1.54, 1.807) is 6.07 Å². The van der Waals surface area contributed by atoms with E-state index in [0.29, 0.717) is 6.20 Å². The molecule has 5 nitrogen and oxygen atoms in total. The van der Waals surface area contributed by atoms with Crippen LogP contribution < -0.4 is 5.73 Å². The van der Waals surface area contributed by atoms with Gasteiger partial charge in [-0.15, -0.1) is 0 Å². The van der Waals surface area contributed by atoms with Gasteiger partial charge in [0.2, 0.25) is 0 Å². The van der Waals surface area contributed by atoms with Gasteiger partial charge in [0.25, 0.3) is 0 Å². The lowest BCUT2D eigenvalue weighted by molar-refractivity contribution is -0.138. The van der Waals surface area contributed by atoms with Crippen LogP contribution in [0.5, 0.6) is 0 Å². The van der Waals surface area contributed by atoms with Crippen LogP contribution in [0.25, 0.3) is 17.1 Å². The fraction of sp³-hybridized carbons (Fsp3) is 0.118. The minimum Gasteiger partial charge on any atom is -0.382 e. The van der Waals surface area contributed by atoms with Crippen LogP contribution in [0.3, 0.4) is 0 Å². The fourth-order valence-electron chi connectivity index (χ4n) is 2.44. The van der Waals surface area contributed by atoms with Gasteiger partial charge in [-0.1, -0.05) is 12.1 Å². The van der Waals surface area contributed by atoms with E-state index in [2.05, 4.69) is 10.1 Å². The van der Waals surface area contributed by atoms with Gasteiger partial charge in [0.05, 0.1) is 11.1 Å². The van der Waals surface area contributed by atoms with Crippen molar-refractivity contribution in [3.63, 3.8) is 0 Å². The van der Waals surface area contributed by atoms with Crippen LogP contribution in [0.2, 0.25) is 0 Å². The van der Waals surface area contributed by atoms with Crippen molar-refractivity contribution in [1.82, 2.24) is 14.8 Å². The molecule has 0 saturated carbocycles. The summed E-state index contributed by atoms with van der Waals surface area (Å²) in [5, 5.41) is 13.3. The number of nitriles is 1. The molecule has 144 valence electrons. The molecule has 3 rings (SSSR count). The molecule has 2 heterocycles. The van der Waals surface area contributed by atoms with E-state index in [1.807, 2.05) is 0 Å². The molecule has 0 aliphatic rings. The monoisotopic (exact) mass is 397 g/mol. The number of halogens is 6. The molecular formula is C17H9F6N5. The molecule has 0 radical (unpaired) electrons. The average molecular weight is 397 g/mol. The number of hydrogen-bond donors (Lipinski definition) is 1. The van der Waals surface area contributed by atoms with Gasteiger partial charge in [-0.3, -0.25) is 0 Å². The zero-order valence-electron chi connectivity index (χ0n) is 13.7. The number of rotatable bonds is 2. The number of alkyl halides is 6. The van der Waals surface area contributed by atoms with E-state index in [-0.39, 0.29) is 28.5 Å². The highest BCUT2D eigenvalue weighted by Gasteiger charge is 2.32. The molecular weight excluding hydrogens is 388 g/mol. The number of pyridine rings is 1. The van der Waals surface area contributed by atoms with Crippen molar-refractivity contribution in [2.24, 2.45) is 0 Å². The Balaban J connectivity index is 2.11. The van der Waals surface area contributed by atoms with E-state index in [1.165, 1.54) is 6.07 Å². The summed E-state index contributed by atoms with van der Waals surface area (Å²) in [6.07, 6.45) is -8.64. The summed E-state index contributed by atoms with van der Waals surface area (Å²) in [4.78, 5) is 3.63. The molecule has 0 bridgehead atoms. The highest BCUT2D eigenvalue weighted by atomic mass is 19.4. The molecule has 2 aromatic heterocycles. The van der Waals surface area contributed by atoms with E-state index in [4.69, 9.17) is 5.73 Å². The highest BCUT2D eigenvalue weighted by molar-refractivity contribution is 5.74. The maximum atomic E-state index is 12.9. The Labute approximate surface area is 153 Å². The first kappa shape index (κ1) is 19.2. The topological polar surface area (TPSA) is 80.5 Å². The molecule has 3 aromatic rings. The van der Waals surface area contributed by atoms with Crippen molar-refractivity contribution in [2.45, 2.75) is 12.4 Å². The summed E-state index contributed by atoms with van der Waals surface area (Å²) in [7, 11) is 0. The van der Waals surface area contributed by atoms with Crippen LogP contribution >= 0.6 is 0 Å². The predicted molar refractivity (Wildman–Crippen MR) is 85.9 cm³/mol. The molecule has 0 aliphatic heterocycles. The molecule has 0 spiro atoms. The number of benzene rings is 1. The SMILES string of the molecule is N#Cc1c(-c2cccc(C(F)(F)F)c2)nn(-c2ccc(C(F)(F)F)cn2)c1N. The first-order valence-electron chi connectivity index (χ1n) is 7.52. The lowest BCUT2D eigenvalue weighted by Crippen LogP contribution is -2.08. The van der Waals surface area contributed by atoms with Crippen molar-refractivity contribution >= 4 is 5.82 Å². The Hall–Kier alpha value is -3.55. The Morgan fingerprint density at radius 1 is 0.964 bits per heavy atom. The Morgan fingerprint density at radius 2 is 1.64 bits per heavy atom. The Morgan fingerprint density at radius 3 is 2.18 bits per heavy atom. The standard InChI is InChI=1S/C17H9F6N5/c18-16(19,20)10-3-1-2-9(6-10)14-12(7-24)15(25)28(27-14)13-5-4-11(8-26-13)17(21,22)23/h1-6,8H,25H2. The summed E-state index contributed by atoms with van der Waals surface area (Å²) >= 11 is 0. The number of aromatic nitrogens is 3. The first-order chi connectivity index (χ1) is 13.0. The van der Waals surface area contributed by atoms with Gasteiger partial charge in [0, 0.05) is 11.8 Å². The van der Waals surface area contributed by atoms with Crippen LogP contribution in [-0.2, 0) is 12.4 Å². The molecule has 2 N–H and O–H groups in total. The second-order valence-electron chi connectivity index (χ2n) is 5.61. The Bertz CT molecular complexity index is 1060. The summed E-state index contributed by atoms with van der Waals surface area (Å²) in [6.45, 7) is 0. The summed E-state index contributed by atoms with van der Waals surface area (Å²) in [5.74, 6) is -0.387. The van der Waals surface area contributed by atoms with Crippen molar-refractivity contribution in [3.05, 3.63) is 59.3 Å². The average Bonchev–Trinajstić information content (AvgIpc) is 2.97. The number of anilines is 1. The van der Waals surface area contributed by atoms with Gasteiger partial charge in [0.1, 0.15) is 23.1 Å². The molecule has 0 aliphatic carbocycles. The van der Waals surface area contributed by atoms with Gasteiger partial charge in [-0.2, -0.15) is 41.4 Å². The molecule has 1 aromatic carbocycles. The van der Waals surface area contributed by atoms with Crippen LogP contribution in [-0.4, -0.2) is 14.8 Å². The van der Waals surface area contributed by atoms with Crippen molar-refractivity contribution < 1.29 is 26.3 Å². The molecule has 11 heteroatoms. The second-order valence-corrected chi connectivity index (χ2v) is 5.61. The molecule has 28 heavy (non-hydrogen) atoms. The zero-order valence-corrected chi connectivity index (χ0v) is 13.7. The van der Waals surface area contributed by atoms with E-state index in [0.717, 1.165) is 35.0 Å². The largest absolute Gasteiger partial charge is 0.417 e. The normalized spacial score (nSPS) is 12.0. The summed E-state index contributed by atoms with van der Waals surface area (Å²) < 4.78 is 77.7. The highest BCUT2D eigenvalue weighted by Crippen LogP contribution is 2.34. The molecule has 0 atom stereocenters. The van der Waals surface area contributed by atoms with Gasteiger partial charge < -0.3 is 5.73 Å². The van der Waals surface area contributed by atoms with Crippen LogP contribution in [0, 0.1) is 11.3 Å². The summed E-state index contributed by atoms with van der Waals surface area (Å²) in [6, 6.07) is 7.59. The number of nitrogens with two attached hydrogens (primary N) is 1. The van der Waals surface area contributed by atoms with E-state index in [9.17, 15) is 31.6 Å². The molecule has 0 amide bonds. The number of nitrogen functional groups attached to an aromatic ring is 1. The van der Waals surface area contributed by atoms with E-state index >= 15 is 0 Å². The van der Waals surface area contributed by atoms with Crippen LogP contribution in [0.15, 0.2) is 42.6 Å². The lowest BCUT2D eigenvalue weighted by Gasteiger charge is -2.08. The minimum atomic E-state index is -4.61. The smallest absolute Gasteiger partial charge is 0.382 e. The maximum absolute atomic E-state index is 12.9. The van der Waals surface area contributed by atoms with E-state index < -0.39 is 23.5 Å². The first-order valence-corrected chi connectivity index (χ1v) is 7.52. The number of nitrogens with zero attached hydrogens (tertiary/aromatic N) is 4. The third-order valence-electron chi connectivity index (χ3n) is 3.79. The summed E-state index contributed by atoms with van der Waals surface area (Å²) in [5.41, 5.74) is 3.49. The van der Waals surface area contributed by atoms with Gasteiger partial charge >= 0.3 is 12.4 Å². The predicted octanol–water partition coefficient (Wildman–Crippen LogP) is 4.43. The fourth-order valence-corrected chi connectivity index (χ4v) is 2.44. The van der Waals surface area contributed by atoms with Crippen molar-refractivity contribution in [2.75, 3.05) is 5.73 Å². The van der Waals surface area contributed by atoms with Gasteiger partial charge in [-0.05, 0) is 24.3 Å². The molecule has 0 unspecified atom stereocenters. The quantitative estimate of drug-likeness (QED) is 0.649. The minimum absolute atomic E-state index is 0.0243. The molecule has 0 fully saturated rings. The third kappa shape index (κ3) is 3.48. The maximum Gasteiger partial charge on any atom is 0.417 e. The molecule has 0 saturated heterocycles. The van der Waals surface area contributed by atoms with Gasteiger partial charge in [0.15, 0.2) is 5.82 Å². The zero-order chi connectivity index (χ0) is 20.7. The third-order valence-corrected chi connectivity index (χ3v) is 3.79. The van der Waals surface area contributed by atoms with Gasteiger partial charge in [-0.25, -0.2) is 4.98 Å². The van der Waals surface area contributed by atoms with Crippen LogP contribution in [0.1, 0.15) is 16.7 Å².